The van der Waals surface area contributed by atoms with Gasteiger partial charge in [-0.05, 0) is 31.2 Å². The number of anilines is 1. The Morgan fingerprint density at radius 2 is 2.05 bits per heavy atom. The molecule has 0 spiro atoms. The average Bonchev–Trinajstić information content (AvgIpc) is 2.43. The summed E-state index contributed by atoms with van der Waals surface area (Å²) in [5.41, 5.74) is 1.25. The summed E-state index contributed by atoms with van der Waals surface area (Å²) in [5.74, 6) is 0.468. The van der Waals surface area contributed by atoms with Gasteiger partial charge in [0.2, 0.25) is 0 Å². The largest absolute Gasteiger partial charge is 0.335 e. The van der Waals surface area contributed by atoms with Crippen LogP contribution in [0, 0.1) is 23.0 Å². The second-order valence-electron chi connectivity index (χ2n) is 5.72. The van der Waals surface area contributed by atoms with Crippen LogP contribution >= 0.6 is 0 Å². The van der Waals surface area contributed by atoms with Crippen LogP contribution in [0.3, 0.4) is 0 Å². The first kappa shape index (κ1) is 15.3. The fourth-order valence-electron chi connectivity index (χ4n) is 2.72. The Labute approximate surface area is 124 Å². The molecule has 2 atom stereocenters. The van der Waals surface area contributed by atoms with Crippen molar-refractivity contribution in [2.24, 2.45) is 5.92 Å². The molecule has 1 fully saturated rings. The van der Waals surface area contributed by atoms with E-state index >= 15 is 0 Å². The van der Waals surface area contributed by atoms with E-state index in [0.717, 1.165) is 24.8 Å². The monoisotopic (exact) mass is 291 g/mol. The van der Waals surface area contributed by atoms with Gasteiger partial charge in [0.25, 0.3) is 5.69 Å². The summed E-state index contributed by atoms with van der Waals surface area (Å²) >= 11 is 0. The number of carbonyl (C=O) groups excluding carboxylic acids is 1. The van der Waals surface area contributed by atoms with Crippen molar-refractivity contribution in [3.8, 4) is 0 Å². The second-order valence-corrected chi connectivity index (χ2v) is 5.72. The van der Waals surface area contributed by atoms with Crippen LogP contribution in [0.4, 0.5) is 16.2 Å². The molecule has 1 aromatic carbocycles. The third kappa shape index (κ3) is 3.93. The quantitative estimate of drug-likeness (QED) is 0.659. The van der Waals surface area contributed by atoms with Gasteiger partial charge >= 0.3 is 6.03 Å². The fourth-order valence-corrected chi connectivity index (χ4v) is 2.72. The van der Waals surface area contributed by atoms with E-state index in [2.05, 4.69) is 17.6 Å². The van der Waals surface area contributed by atoms with E-state index in [4.69, 9.17) is 0 Å². The number of nitro groups is 1. The summed E-state index contributed by atoms with van der Waals surface area (Å²) in [6, 6.07) is 4.34. The fraction of sp³-hybridized carbons (Fsp3) is 0.533. The average molecular weight is 291 g/mol. The molecule has 0 saturated heterocycles. The van der Waals surface area contributed by atoms with Crippen LogP contribution in [-0.2, 0) is 0 Å². The summed E-state index contributed by atoms with van der Waals surface area (Å²) < 4.78 is 0. The zero-order chi connectivity index (χ0) is 15.4. The molecule has 0 radical (unpaired) electrons. The minimum atomic E-state index is -0.467. The maximum absolute atomic E-state index is 12.1. The maximum atomic E-state index is 12.1. The predicted molar refractivity (Wildman–Crippen MR) is 81.4 cm³/mol. The number of amides is 2. The molecule has 6 heteroatoms. The van der Waals surface area contributed by atoms with E-state index in [-0.39, 0.29) is 17.8 Å². The molecule has 1 aromatic rings. The number of nitrogens with one attached hydrogen (secondary N) is 2. The Kier molecular flexibility index (Phi) is 4.77. The number of hydrogen-bond acceptors (Lipinski definition) is 3. The summed E-state index contributed by atoms with van der Waals surface area (Å²) in [6.07, 6.45) is 4.46. The number of nitro benzene ring substituents is 1. The third-order valence-electron chi connectivity index (χ3n) is 4.11. The zero-order valence-electron chi connectivity index (χ0n) is 12.4. The first-order valence-corrected chi connectivity index (χ1v) is 7.30. The van der Waals surface area contributed by atoms with Gasteiger partial charge in [0.05, 0.1) is 10.6 Å². The molecule has 2 rings (SSSR count). The second kappa shape index (κ2) is 6.56. The highest BCUT2D eigenvalue weighted by Crippen LogP contribution is 2.25. The molecular weight excluding hydrogens is 270 g/mol. The predicted octanol–water partition coefficient (Wildman–Crippen LogP) is 3.60. The number of carbonyl (C=O) groups is 1. The molecule has 1 aliphatic rings. The molecule has 2 N–H and O–H groups in total. The smallest absolute Gasteiger partial charge is 0.319 e. The molecule has 1 aliphatic carbocycles. The van der Waals surface area contributed by atoms with Crippen LogP contribution in [0.1, 0.15) is 38.2 Å². The van der Waals surface area contributed by atoms with E-state index in [0.29, 0.717) is 11.6 Å². The highest BCUT2D eigenvalue weighted by molar-refractivity contribution is 5.90. The van der Waals surface area contributed by atoms with Crippen molar-refractivity contribution >= 4 is 17.4 Å². The lowest BCUT2D eigenvalue weighted by Crippen LogP contribution is -2.43. The van der Waals surface area contributed by atoms with Gasteiger partial charge in [0, 0.05) is 18.2 Å². The molecule has 2 amide bonds. The first-order valence-electron chi connectivity index (χ1n) is 7.30. The third-order valence-corrected chi connectivity index (χ3v) is 4.11. The first-order chi connectivity index (χ1) is 9.97. The van der Waals surface area contributed by atoms with Crippen LogP contribution in [-0.4, -0.2) is 17.0 Å². The Bertz CT molecular complexity index is 545. The molecule has 0 aliphatic heterocycles. The number of benzene rings is 1. The van der Waals surface area contributed by atoms with Gasteiger partial charge in [-0.3, -0.25) is 10.1 Å². The van der Waals surface area contributed by atoms with Gasteiger partial charge in [-0.25, -0.2) is 4.79 Å². The SMILES string of the molecule is Cc1ccc([N+](=O)[O-])cc1NC(=O)N[C@H]1CCCC[C@H]1C. The van der Waals surface area contributed by atoms with Gasteiger partial charge < -0.3 is 10.6 Å². The molecule has 21 heavy (non-hydrogen) atoms. The van der Waals surface area contributed by atoms with E-state index in [9.17, 15) is 14.9 Å². The molecule has 0 aromatic heterocycles. The molecule has 0 heterocycles. The molecular formula is C15H21N3O3. The van der Waals surface area contributed by atoms with Crippen LogP contribution in [0.2, 0.25) is 0 Å². The van der Waals surface area contributed by atoms with Gasteiger partial charge in [-0.15, -0.1) is 0 Å². The molecule has 114 valence electrons. The number of rotatable bonds is 3. The van der Waals surface area contributed by atoms with Crippen LogP contribution in [0.5, 0.6) is 0 Å². The molecule has 0 bridgehead atoms. The van der Waals surface area contributed by atoms with Crippen molar-refractivity contribution in [3.63, 3.8) is 0 Å². The lowest BCUT2D eigenvalue weighted by Gasteiger charge is -2.29. The van der Waals surface area contributed by atoms with Crippen molar-refractivity contribution in [2.45, 2.75) is 45.6 Å². The number of nitrogens with zero attached hydrogens (tertiary/aromatic N) is 1. The Morgan fingerprint density at radius 1 is 1.33 bits per heavy atom. The van der Waals surface area contributed by atoms with Gasteiger partial charge in [0.1, 0.15) is 0 Å². The maximum Gasteiger partial charge on any atom is 0.319 e. The molecule has 0 unspecified atom stereocenters. The van der Waals surface area contributed by atoms with Crippen LogP contribution in [0.25, 0.3) is 0 Å². The Balaban J connectivity index is 2.02. The lowest BCUT2D eigenvalue weighted by molar-refractivity contribution is -0.384. The van der Waals surface area contributed by atoms with Crippen molar-refractivity contribution < 1.29 is 9.72 Å². The summed E-state index contributed by atoms with van der Waals surface area (Å²) in [5, 5.41) is 16.5. The van der Waals surface area contributed by atoms with E-state index < -0.39 is 4.92 Å². The van der Waals surface area contributed by atoms with Gasteiger partial charge in [-0.1, -0.05) is 25.8 Å². The van der Waals surface area contributed by atoms with Crippen molar-refractivity contribution in [1.29, 1.82) is 0 Å². The van der Waals surface area contributed by atoms with E-state index in [1.54, 1.807) is 6.07 Å². The molecule has 1 saturated carbocycles. The van der Waals surface area contributed by atoms with Gasteiger partial charge in [-0.2, -0.15) is 0 Å². The summed E-state index contributed by atoms with van der Waals surface area (Å²) in [6.45, 7) is 3.95. The van der Waals surface area contributed by atoms with Crippen molar-refractivity contribution in [1.82, 2.24) is 5.32 Å². The number of aryl methyl sites for hydroxylation is 1. The Hall–Kier alpha value is -2.11. The van der Waals surface area contributed by atoms with Crippen LogP contribution < -0.4 is 10.6 Å². The van der Waals surface area contributed by atoms with Crippen LogP contribution in [0.15, 0.2) is 18.2 Å². The highest BCUT2D eigenvalue weighted by Gasteiger charge is 2.23. The van der Waals surface area contributed by atoms with Crippen molar-refractivity contribution in [2.75, 3.05) is 5.32 Å². The number of hydrogen-bond donors (Lipinski definition) is 2. The minimum Gasteiger partial charge on any atom is -0.335 e. The minimum absolute atomic E-state index is 0.0260. The number of non-ortho nitro benzene ring substituents is 1. The number of urea groups is 1. The van der Waals surface area contributed by atoms with Gasteiger partial charge in [0.15, 0.2) is 0 Å². The summed E-state index contributed by atoms with van der Waals surface area (Å²) in [7, 11) is 0. The summed E-state index contributed by atoms with van der Waals surface area (Å²) in [4.78, 5) is 22.4. The van der Waals surface area contributed by atoms with Crippen molar-refractivity contribution in [3.05, 3.63) is 33.9 Å². The Morgan fingerprint density at radius 3 is 2.71 bits per heavy atom. The molecule has 6 nitrogen and oxygen atoms in total. The van der Waals surface area contributed by atoms with E-state index in [1.165, 1.54) is 18.6 Å². The highest BCUT2D eigenvalue weighted by atomic mass is 16.6. The van der Waals surface area contributed by atoms with E-state index in [1.807, 2.05) is 6.92 Å². The topological polar surface area (TPSA) is 84.3 Å². The normalized spacial score (nSPS) is 21.6. The lowest BCUT2D eigenvalue weighted by atomic mass is 9.86. The zero-order valence-corrected chi connectivity index (χ0v) is 12.4. The standard InChI is InChI=1S/C15H21N3O3/c1-10-5-3-4-6-13(10)16-15(19)17-14-9-12(18(20)21)8-7-11(14)2/h7-10,13H,3-6H2,1-2H3,(H2,16,17,19)/t10-,13+/m1/s1.